The van der Waals surface area contributed by atoms with Crippen molar-refractivity contribution in [2.24, 2.45) is 0 Å². The Kier molecular flexibility index (Phi) is 5.99. The molecule has 0 N–H and O–H groups in total. The van der Waals surface area contributed by atoms with E-state index in [1.54, 1.807) is 6.92 Å². The van der Waals surface area contributed by atoms with Crippen molar-refractivity contribution in [2.45, 2.75) is 38.6 Å². The van der Waals surface area contributed by atoms with E-state index in [9.17, 15) is 4.79 Å². The molecule has 0 saturated carbocycles. The Morgan fingerprint density at radius 1 is 1.00 bits per heavy atom. The highest BCUT2D eigenvalue weighted by molar-refractivity contribution is 6.30. The maximum atomic E-state index is 12.6. The Labute approximate surface area is 194 Å². The molecule has 0 radical (unpaired) electrons. The van der Waals surface area contributed by atoms with E-state index in [0.29, 0.717) is 0 Å². The molecule has 1 atom stereocenters. The third-order valence-electron chi connectivity index (χ3n) is 6.69. The van der Waals surface area contributed by atoms with Crippen molar-refractivity contribution >= 4 is 23.2 Å². The van der Waals surface area contributed by atoms with E-state index in [2.05, 4.69) is 35.2 Å². The number of carbonyl (C=O) groups excluding carboxylic acids is 1. The number of aromatic nitrogens is 1. The summed E-state index contributed by atoms with van der Waals surface area (Å²) in [5.74, 6) is 0.133. The minimum Gasteiger partial charge on any atom is -0.308 e. The fourth-order valence-corrected chi connectivity index (χ4v) is 5.19. The molecule has 1 amide bonds. The summed E-state index contributed by atoms with van der Waals surface area (Å²) < 4.78 is 0. The van der Waals surface area contributed by atoms with Gasteiger partial charge in [0.1, 0.15) is 0 Å². The molecule has 1 saturated heterocycles. The van der Waals surface area contributed by atoms with Crippen molar-refractivity contribution in [3.05, 3.63) is 71.4 Å². The number of nitrogens with zero attached hydrogens (tertiary/aromatic N) is 3. The lowest BCUT2D eigenvalue weighted by atomic mass is 9.93. The summed E-state index contributed by atoms with van der Waals surface area (Å²) in [6, 6.07) is 18.6. The molecule has 5 rings (SSSR count). The normalized spacial score (nSPS) is 18.6. The maximum absolute atomic E-state index is 12.6. The number of hydrogen-bond donors (Lipinski definition) is 0. The van der Waals surface area contributed by atoms with E-state index < -0.39 is 0 Å². The molecule has 1 fully saturated rings. The number of fused-ring (bicyclic) bond motifs is 1. The van der Waals surface area contributed by atoms with Gasteiger partial charge in [0.15, 0.2) is 0 Å². The molecule has 164 valence electrons. The van der Waals surface area contributed by atoms with Gasteiger partial charge in [-0.3, -0.25) is 9.78 Å². The Morgan fingerprint density at radius 3 is 2.41 bits per heavy atom. The first-order chi connectivity index (χ1) is 15.6. The van der Waals surface area contributed by atoms with Gasteiger partial charge in [-0.2, -0.15) is 0 Å². The zero-order valence-corrected chi connectivity index (χ0v) is 19.2. The SMILES string of the molecule is CC(=O)N1c2ccc(-c3ccc(-c4ccc(Cl)cc4)cn3)cc2CCC1CN1CCCC1. The molecule has 2 aromatic carbocycles. The van der Waals surface area contributed by atoms with Gasteiger partial charge < -0.3 is 9.80 Å². The lowest BCUT2D eigenvalue weighted by molar-refractivity contribution is -0.117. The van der Waals surface area contributed by atoms with Gasteiger partial charge in [-0.25, -0.2) is 0 Å². The van der Waals surface area contributed by atoms with Crippen LogP contribution < -0.4 is 4.90 Å². The number of halogens is 1. The third-order valence-corrected chi connectivity index (χ3v) is 6.95. The number of carbonyl (C=O) groups is 1. The van der Waals surface area contributed by atoms with Crippen LogP contribution in [0.1, 0.15) is 31.7 Å². The van der Waals surface area contributed by atoms with E-state index in [1.807, 2.05) is 35.4 Å². The molecule has 5 heteroatoms. The highest BCUT2D eigenvalue weighted by Gasteiger charge is 2.31. The van der Waals surface area contributed by atoms with Crippen LogP contribution >= 0.6 is 11.6 Å². The molecule has 2 aliphatic heterocycles. The van der Waals surface area contributed by atoms with Crippen LogP contribution in [0.15, 0.2) is 60.8 Å². The summed E-state index contributed by atoms with van der Waals surface area (Å²) in [5, 5.41) is 0.731. The summed E-state index contributed by atoms with van der Waals surface area (Å²) in [6.45, 7) is 4.99. The predicted octanol–water partition coefficient (Wildman–Crippen LogP) is 5.83. The Hall–Kier alpha value is -2.69. The van der Waals surface area contributed by atoms with Gasteiger partial charge in [0.2, 0.25) is 5.91 Å². The average Bonchev–Trinajstić information content (AvgIpc) is 3.32. The number of benzene rings is 2. The number of rotatable bonds is 4. The van der Waals surface area contributed by atoms with Crippen LogP contribution in [-0.2, 0) is 11.2 Å². The lowest BCUT2D eigenvalue weighted by Gasteiger charge is -2.38. The molecule has 1 aromatic heterocycles. The molecule has 4 nitrogen and oxygen atoms in total. The quantitative estimate of drug-likeness (QED) is 0.506. The molecular weight excluding hydrogens is 418 g/mol. The number of anilines is 1. The third kappa shape index (κ3) is 4.30. The Balaban J connectivity index is 1.38. The summed E-state index contributed by atoms with van der Waals surface area (Å²) in [4.78, 5) is 21.8. The highest BCUT2D eigenvalue weighted by Crippen LogP contribution is 2.35. The van der Waals surface area contributed by atoms with Crippen molar-refractivity contribution in [1.29, 1.82) is 0 Å². The van der Waals surface area contributed by atoms with Gasteiger partial charge >= 0.3 is 0 Å². The Morgan fingerprint density at radius 2 is 1.72 bits per heavy atom. The monoisotopic (exact) mass is 445 g/mol. The van der Waals surface area contributed by atoms with Crippen molar-refractivity contribution < 1.29 is 4.79 Å². The summed E-state index contributed by atoms with van der Waals surface area (Å²) in [6.07, 6.45) is 6.46. The second-order valence-corrected chi connectivity index (χ2v) is 9.31. The van der Waals surface area contributed by atoms with Crippen LogP contribution in [0.2, 0.25) is 5.02 Å². The first-order valence-corrected chi connectivity index (χ1v) is 11.8. The number of hydrogen-bond acceptors (Lipinski definition) is 3. The van der Waals surface area contributed by atoms with E-state index in [0.717, 1.165) is 65.6 Å². The molecule has 3 aromatic rings. The zero-order valence-electron chi connectivity index (χ0n) is 18.4. The van der Waals surface area contributed by atoms with Crippen molar-refractivity contribution in [3.8, 4) is 22.4 Å². The standard InChI is InChI=1S/C27H28ClN3O/c1-19(32)31-25(18-30-14-2-3-15-30)11-6-22-16-21(8-13-27(22)31)26-12-7-23(17-29-26)20-4-9-24(28)10-5-20/h4-5,7-10,12-13,16-17,25H,2-3,6,11,14-15,18H2,1H3. The lowest BCUT2D eigenvalue weighted by Crippen LogP contribution is -2.48. The minimum absolute atomic E-state index is 0.133. The summed E-state index contributed by atoms with van der Waals surface area (Å²) in [5.41, 5.74) is 6.50. The van der Waals surface area contributed by atoms with E-state index in [4.69, 9.17) is 16.6 Å². The van der Waals surface area contributed by atoms with Gasteiger partial charge in [-0.05, 0) is 80.2 Å². The van der Waals surface area contributed by atoms with Crippen LogP contribution in [-0.4, -0.2) is 41.5 Å². The molecule has 1 unspecified atom stereocenters. The molecule has 32 heavy (non-hydrogen) atoms. The summed E-state index contributed by atoms with van der Waals surface area (Å²) in [7, 11) is 0. The summed E-state index contributed by atoms with van der Waals surface area (Å²) >= 11 is 6.00. The topological polar surface area (TPSA) is 36.4 Å². The zero-order chi connectivity index (χ0) is 22.1. The van der Waals surface area contributed by atoms with Crippen molar-refractivity contribution in [1.82, 2.24) is 9.88 Å². The molecule has 0 aliphatic carbocycles. The van der Waals surface area contributed by atoms with Gasteiger partial charge in [-0.1, -0.05) is 35.9 Å². The largest absolute Gasteiger partial charge is 0.308 e. The first-order valence-electron chi connectivity index (χ1n) is 11.5. The van der Waals surface area contributed by atoms with Crippen molar-refractivity contribution in [3.63, 3.8) is 0 Å². The van der Waals surface area contributed by atoms with E-state index in [-0.39, 0.29) is 11.9 Å². The molecule has 3 heterocycles. The second-order valence-electron chi connectivity index (χ2n) is 8.87. The van der Waals surface area contributed by atoms with Crippen LogP contribution in [0.4, 0.5) is 5.69 Å². The maximum Gasteiger partial charge on any atom is 0.224 e. The van der Waals surface area contributed by atoms with Gasteiger partial charge in [-0.15, -0.1) is 0 Å². The van der Waals surface area contributed by atoms with E-state index >= 15 is 0 Å². The highest BCUT2D eigenvalue weighted by atomic mass is 35.5. The number of aryl methyl sites for hydroxylation is 1. The van der Waals surface area contributed by atoms with Crippen molar-refractivity contribution in [2.75, 3.05) is 24.5 Å². The molecular formula is C27H28ClN3O. The fraction of sp³-hybridized carbons (Fsp3) is 0.333. The van der Waals surface area contributed by atoms with Gasteiger partial charge in [0, 0.05) is 47.5 Å². The van der Waals surface area contributed by atoms with Gasteiger partial charge in [0.25, 0.3) is 0 Å². The fourth-order valence-electron chi connectivity index (χ4n) is 5.07. The number of likely N-dealkylation sites (tertiary alicyclic amines) is 1. The number of amides is 1. The number of pyridine rings is 1. The molecule has 0 spiro atoms. The molecule has 0 bridgehead atoms. The second kappa shape index (κ2) is 9.05. The van der Waals surface area contributed by atoms with Crippen LogP contribution in [0.5, 0.6) is 0 Å². The average molecular weight is 446 g/mol. The minimum atomic E-state index is 0.133. The van der Waals surface area contributed by atoms with Gasteiger partial charge in [0.05, 0.1) is 5.69 Å². The first kappa shape index (κ1) is 21.2. The van der Waals surface area contributed by atoms with Crippen LogP contribution in [0.3, 0.4) is 0 Å². The van der Waals surface area contributed by atoms with E-state index in [1.165, 1.54) is 18.4 Å². The molecule has 2 aliphatic rings. The van der Waals surface area contributed by atoms with Crippen LogP contribution in [0.25, 0.3) is 22.4 Å². The Bertz CT molecular complexity index is 1100. The predicted molar refractivity (Wildman–Crippen MR) is 131 cm³/mol. The van der Waals surface area contributed by atoms with Crippen LogP contribution in [0, 0.1) is 0 Å². The smallest absolute Gasteiger partial charge is 0.224 e.